The van der Waals surface area contributed by atoms with Gasteiger partial charge in [0.15, 0.2) is 0 Å². The van der Waals surface area contributed by atoms with Crippen LogP contribution in [0, 0.1) is 0 Å². The van der Waals surface area contributed by atoms with Gasteiger partial charge in [0.2, 0.25) is 0 Å². The van der Waals surface area contributed by atoms with Gasteiger partial charge in [-0.05, 0) is 42.7 Å². The van der Waals surface area contributed by atoms with Crippen LogP contribution in [-0.4, -0.2) is 15.6 Å². The predicted octanol–water partition coefficient (Wildman–Crippen LogP) is 4.21. The van der Waals surface area contributed by atoms with Gasteiger partial charge in [0, 0.05) is 17.0 Å². The number of nitrogens with zero attached hydrogens (tertiary/aromatic N) is 1. The number of nitrogens with one attached hydrogen (secondary N) is 1. The average Bonchev–Trinajstić information content (AvgIpc) is 2.62. The van der Waals surface area contributed by atoms with Gasteiger partial charge in [-0.3, -0.25) is 9.59 Å². The van der Waals surface area contributed by atoms with Crippen LogP contribution in [0.1, 0.15) is 22.3 Å². The molecule has 3 aromatic rings. The average molecular weight is 389 g/mol. The zero-order valence-corrected chi connectivity index (χ0v) is 15.1. The van der Waals surface area contributed by atoms with Crippen LogP contribution in [0.5, 0.6) is 5.75 Å². The molecule has 1 aliphatic heterocycles. The van der Waals surface area contributed by atoms with Crippen molar-refractivity contribution in [1.29, 1.82) is 0 Å². The summed E-state index contributed by atoms with van der Waals surface area (Å²) in [5.74, 6) is -1.02. The summed E-state index contributed by atoms with van der Waals surface area (Å²) in [5, 5.41) is 14.4. The van der Waals surface area contributed by atoms with Crippen LogP contribution < -0.4 is 10.9 Å². The number of carbonyl (C=O) groups excluding carboxylic acids is 1. The first-order valence-corrected chi connectivity index (χ1v) is 8.86. The summed E-state index contributed by atoms with van der Waals surface area (Å²) >= 11 is 11.9. The lowest BCUT2D eigenvalue weighted by atomic mass is 9.99. The van der Waals surface area contributed by atoms with Gasteiger partial charge in [-0.1, -0.05) is 35.3 Å². The quantitative estimate of drug-likeness (QED) is 0.690. The van der Waals surface area contributed by atoms with E-state index >= 15 is 0 Å². The molecule has 5 nitrogen and oxygen atoms in total. The lowest BCUT2D eigenvalue weighted by Gasteiger charge is -2.21. The van der Waals surface area contributed by atoms with Gasteiger partial charge in [0.1, 0.15) is 11.3 Å². The molecule has 0 spiro atoms. The first-order valence-electron chi connectivity index (χ1n) is 8.11. The summed E-state index contributed by atoms with van der Waals surface area (Å²) in [6.07, 6.45) is 1.64. The second kappa shape index (κ2) is 6.34. The molecule has 0 aliphatic carbocycles. The molecule has 0 unspecified atom stereocenters. The molecule has 0 saturated heterocycles. The molecule has 0 bridgehead atoms. The summed E-state index contributed by atoms with van der Waals surface area (Å²) in [7, 11) is 0. The van der Waals surface area contributed by atoms with E-state index in [2.05, 4.69) is 5.32 Å². The Balaban J connectivity index is 1.87. The third kappa shape index (κ3) is 2.64. The number of halogens is 2. The minimum absolute atomic E-state index is 0.245. The second-order valence-electron chi connectivity index (χ2n) is 6.18. The Morgan fingerprint density at radius 3 is 2.77 bits per heavy atom. The van der Waals surface area contributed by atoms with Crippen LogP contribution in [0.4, 0.5) is 5.69 Å². The van der Waals surface area contributed by atoms with Crippen molar-refractivity contribution in [3.8, 4) is 5.75 Å². The fraction of sp³-hybridized carbons (Fsp3) is 0.158. The smallest absolute Gasteiger partial charge is 0.267 e. The van der Waals surface area contributed by atoms with Gasteiger partial charge < -0.3 is 15.0 Å². The zero-order chi connectivity index (χ0) is 18.4. The molecule has 0 saturated carbocycles. The molecule has 2 heterocycles. The van der Waals surface area contributed by atoms with E-state index in [0.29, 0.717) is 28.2 Å². The molecule has 0 radical (unpaired) electrons. The lowest BCUT2D eigenvalue weighted by molar-refractivity contribution is 0.102. The Kier molecular flexibility index (Phi) is 4.13. The van der Waals surface area contributed by atoms with Crippen LogP contribution in [0.15, 0.2) is 41.2 Å². The molecule has 0 fully saturated rings. The van der Waals surface area contributed by atoms with Crippen molar-refractivity contribution < 1.29 is 9.90 Å². The SMILES string of the molecule is O=C(Nc1ccc(Cl)cc1Cl)c1c(O)c2cccc3c2n(c1=O)CCC3. The van der Waals surface area contributed by atoms with Crippen molar-refractivity contribution >= 4 is 45.7 Å². The van der Waals surface area contributed by atoms with Gasteiger partial charge in [-0.2, -0.15) is 0 Å². The fourth-order valence-electron chi connectivity index (χ4n) is 3.40. The Hall–Kier alpha value is -2.50. The van der Waals surface area contributed by atoms with Crippen LogP contribution in [-0.2, 0) is 13.0 Å². The summed E-state index contributed by atoms with van der Waals surface area (Å²) in [6, 6.07) is 10.1. The molecule has 2 N–H and O–H groups in total. The highest BCUT2D eigenvalue weighted by molar-refractivity contribution is 6.36. The van der Waals surface area contributed by atoms with Crippen LogP contribution in [0.3, 0.4) is 0 Å². The van der Waals surface area contributed by atoms with E-state index in [0.717, 1.165) is 18.4 Å². The molecule has 4 rings (SSSR count). The van der Waals surface area contributed by atoms with E-state index in [1.54, 1.807) is 22.8 Å². The maximum absolute atomic E-state index is 12.9. The van der Waals surface area contributed by atoms with Crippen LogP contribution in [0.25, 0.3) is 10.9 Å². The van der Waals surface area contributed by atoms with E-state index < -0.39 is 11.5 Å². The Morgan fingerprint density at radius 2 is 2.00 bits per heavy atom. The third-order valence-electron chi connectivity index (χ3n) is 4.57. The number of aromatic hydroxyl groups is 1. The standard InChI is InChI=1S/C19H14Cl2N2O3/c20-11-6-7-14(13(21)9-11)22-18(25)15-17(24)12-5-1-3-10-4-2-8-23(16(10)12)19(15)26/h1,3,5-7,9,24H,2,4,8H2,(H,22,25). The largest absolute Gasteiger partial charge is 0.506 e. The number of para-hydroxylation sites is 1. The number of aromatic nitrogens is 1. The van der Waals surface area contributed by atoms with E-state index in [4.69, 9.17) is 23.2 Å². The summed E-state index contributed by atoms with van der Waals surface area (Å²) in [6.45, 7) is 0.509. The molecule has 1 aromatic heterocycles. The van der Waals surface area contributed by atoms with Gasteiger partial charge in [-0.25, -0.2) is 0 Å². The highest BCUT2D eigenvalue weighted by Crippen LogP contribution is 2.32. The molecule has 132 valence electrons. The molecule has 1 amide bonds. The van der Waals surface area contributed by atoms with E-state index in [-0.39, 0.29) is 16.3 Å². The molecule has 7 heteroatoms. The first-order chi connectivity index (χ1) is 12.5. The topological polar surface area (TPSA) is 71.3 Å². The number of hydrogen-bond donors (Lipinski definition) is 2. The number of amides is 1. The van der Waals surface area contributed by atoms with Crippen LogP contribution in [0.2, 0.25) is 10.0 Å². The summed E-state index contributed by atoms with van der Waals surface area (Å²) < 4.78 is 1.56. The van der Waals surface area contributed by atoms with Crippen molar-refractivity contribution in [2.75, 3.05) is 5.32 Å². The molecular formula is C19H14Cl2N2O3. The maximum atomic E-state index is 12.9. The van der Waals surface area contributed by atoms with Gasteiger partial charge in [-0.15, -0.1) is 0 Å². The van der Waals surface area contributed by atoms with Crippen LogP contribution >= 0.6 is 23.2 Å². The summed E-state index contributed by atoms with van der Waals surface area (Å²) in [4.78, 5) is 25.6. The maximum Gasteiger partial charge on any atom is 0.267 e. The van der Waals surface area contributed by atoms with E-state index in [1.807, 2.05) is 12.1 Å². The Labute approximate surface area is 158 Å². The number of benzene rings is 2. The highest BCUT2D eigenvalue weighted by Gasteiger charge is 2.25. The normalized spacial score (nSPS) is 13.0. The number of rotatable bonds is 2. The van der Waals surface area contributed by atoms with Crippen molar-refractivity contribution in [3.05, 3.63) is 67.9 Å². The minimum Gasteiger partial charge on any atom is -0.506 e. The Morgan fingerprint density at radius 1 is 1.19 bits per heavy atom. The molecule has 2 aromatic carbocycles. The summed E-state index contributed by atoms with van der Waals surface area (Å²) in [5.41, 5.74) is 1.20. The Bertz CT molecular complexity index is 1120. The number of anilines is 1. The van der Waals surface area contributed by atoms with Crippen molar-refractivity contribution in [1.82, 2.24) is 4.57 Å². The van der Waals surface area contributed by atoms with Crippen molar-refractivity contribution in [2.45, 2.75) is 19.4 Å². The lowest BCUT2D eigenvalue weighted by Crippen LogP contribution is -2.31. The molecule has 26 heavy (non-hydrogen) atoms. The third-order valence-corrected chi connectivity index (χ3v) is 5.12. The van der Waals surface area contributed by atoms with Gasteiger partial charge >= 0.3 is 0 Å². The zero-order valence-electron chi connectivity index (χ0n) is 13.6. The van der Waals surface area contributed by atoms with Crippen molar-refractivity contribution in [2.24, 2.45) is 0 Å². The van der Waals surface area contributed by atoms with Gasteiger partial charge in [0.05, 0.1) is 16.2 Å². The van der Waals surface area contributed by atoms with Gasteiger partial charge in [0.25, 0.3) is 11.5 Å². The van der Waals surface area contributed by atoms with E-state index in [9.17, 15) is 14.7 Å². The monoisotopic (exact) mass is 388 g/mol. The number of aryl methyl sites for hydroxylation is 2. The molecule has 1 aliphatic rings. The van der Waals surface area contributed by atoms with E-state index in [1.165, 1.54) is 6.07 Å². The number of carbonyl (C=O) groups is 1. The predicted molar refractivity (Wildman–Crippen MR) is 103 cm³/mol. The second-order valence-corrected chi connectivity index (χ2v) is 7.02. The molecular weight excluding hydrogens is 375 g/mol. The minimum atomic E-state index is -0.710. The molecule has 0 atom stereocenters. The van der Waals surface area contributed by atoms with Crippen molar-refractivity contribution in [3.63, 3.8) is 0 Å². The number of hydrogen-bond acceptors (Lipinski definition) is 3. The highest BCUT2D eigenvalue weighted by atomic mass is 35.5. The number of pyridine rings is 1. The fourth-order valence-corrected chi connectivity index (χ4v) is 3.85. The first kappa shape index (κ1) is 16.9.